The predicted octanol–water partition coefficient (Wildman–Crippen LogP) is 9.04. The molecule has 0 unspecified atom stereocenters. The zero-order chi connectivity index (χ0) is 89.8. The van der Waals surface area contributed by atoms with E-state index in [4.69, 9.17) is 23.2 Å². The van der Waals surface area contributed by atoms with Crippen molar-refractivity contribution in [3.05, 3.63) is 256 Å². The number of benzene rings is 8. The molecule has 30 nitrogen and oxygen atoms in total. The van der Waals surface area contributed by atoms with Gasteiger partial charge in [-0.15, -0.1) is 0 Å². The lowest BCUT2D eigenvalue weighted by atomic mass is 9.96. The first-order chi connectivity index (χ1) is 59.2. The fourth-order valence-corrected chi connectivity index (χ4v) is 25.2. The quantitative estimate of drug-likeness (QED) is 0.0444. The third kappa shape index (κ3) is 20.1. The number of nitrogens with zero attached hydrogens (tertiary/aromatic N) is 8. The van der Waals surface area contributed by atoms with Gasteiger partial charge in [-0.3, -0.25) is 48.7 Å². The Kier molecular flexibility index (Phi) is 28.0. The summed E-state index contributed by atoms with van der Waals surface area (Å²) in [7, 11) is -19.0. The maximum atomic E-state index is 13.4. The van der Waals surface area contributed by atoms with Crippen LogP contribution in [0.1, 0.15) is 132 Å². The molecule has 125 heavy (non-hydrogen) atoms. The SMILES string of the molecule is C=C(C)c1ccc(S(=O)(=O)N2CCC3(CC2)NC(=O)CN3Cc2ccccc2)cc1.CC(=O)c1ccc(S(=O)(=O)N2CCC3(CC2)NC(=O)CN3S(=O)(=O)c2ccc(C(C)=O)cc2)cc1.CC(=O)c1ccc(S(=O)(=O)N2CCC3(CC2)NCC(=O)N3Cc2ccccc2)cc1.O=C1CN(Cc2ccccc2)C2(CCN(S(=O)(=O)c3cc(Cl)c(O)c(Cl)c3)CC2)N1. The van der Waals surface area contributed by atoms with Crippen LogP contribution in [0.4, 0.5) is 0 Å². The van der Waals surface area contributed by atoms with Gasteiger partial charge >= 0.3 is 0 Å². The second-order valence-electron chi connectivity index (χ2n) is 32.2. The maximum absolute atomic E-state index is 13.4. The van der Waals surface area contributed by atoms with Gasteiger partial charge in [0.25, 0.3) is 0 Å². The standard InChI is InChI=1S/C23H25N3O7S2.C23H27N3O3S.C22H25N3O4S.C20H21Cl2N3O4S/c1-16(27)18-3-7-20(8-4-18)34(30,31)25-13-11-23(12-14-25)24-22(29)15-26(23)35(32,33)21-9-5-19(6-10-21)17(2)28;1-18(2)20-8-10-21(11-9-20)30(28,29)26-14-12-23(13-15-26)24-22(27)17-25(23)16-19-6-4-3-5-7-19;1-17(26)19-7-9-20(10-8-19)30(28,29)24-13-11-22(12-14-24)23-15-21(27)25(22)16-18-5-3-2-4-6-18;21-16-10-15(11-17(22)19(16)27)30(28,29)25-8-6-20(7-9-25)23-18(26)13-24(20)12-14-4-2-1-3-5-14/h3-10H,11-15H2,1-2H3,(H,24,29);3-11H,1,12-17H2,2H3,(H,24,27);2-10,23H,11-16H2,1H3;1-5,10-11,27H,6-9,12-13H2,(H,23,26). The van der Waals surface area contributed by atoms with Crippen LogP contribution in [-0.2, 0) is 88.9 Å². The van der Waals surface area contributed by atoms with Crippen LogP contribution < -0.4 is 21.3 Å². The summed E-state index contributed by atoms with van der Waals surface area (Å²) in [5.41, 5.74) is 3.54. The number of phenolic OH excluding ortho intramolecular Hbond substituents is 1. The molecule has 4 amide bonds. The summed E-state index contributed by atoms with van der Waals surface area (Å²) < 4.78 is 138. The Morgan fingerprint density at radius 2 is 0.648 bits per heavy atom. The van der Waals surface area contributed by atoms with Crippen LogP contribution in [0, 0.1) is 0 Å². The Hall–Kier alpha value is -9.80. The summed E-state index contributed by atoms with van der Waals surface area (Å²) in [6, 6.07) is 56.1. The van der Waals surface area contributed by atoms with Gasteiger partial charge in [-0.1, -0.05) is 175 Å². The number of ketones is 3. The molecule has 8 saturated heterocycles. The molecule has 4 spiro atoms. The normalized spacial score (nSPS) is 19.5. The molecule has 0 atom stereocenters. The topological polar surface area (TPSA) is 384 Å². The lowest BCUT2D eigenvalue weighted by Crippen LogP contribution is -2.60. The van der Waals surface area contributed by atoms with Crippen LogP contribution in [0.3, 0.4) is 0 Å². The molecule has 8 aliphatic heterocycles. The highest BCUT2D eigenvalue weighted by Gasteiger charge is 2.55. The van der Waals surface area contributed by atoms with Crippen LogP contribution in [-0.4, -0.2) is 226 Å². The average Bonchev–Trinajstić information content (AvgIpc) is 1.63. The molecule has 662 valence electrons. The van der Waals surface area contributed by atoms with Crippen LogP contribution in [0.25, 0.3) is 5.57 Å². The number of piperidine rings is 4. The molecule has 0 bridgehead atoms. The molecule has 0 saturated carbocycles. The second kappa shape index (κ2) is 37.6. The number of rotatable bonds is 20. The molecule has 37 heteroatoms. The Labute approximate surface area is 738 Å². The van der Waals surface area contributed by atoms with Gasteiger partial charge in [0.05, 0.1) is 77.7 Å². The van der Waals surface area contributed by atoms with E-state index in [1.807, 2.05) is 103 Å². The number of phenols is 1. The summed E-state index contributed by atoms with van der Waals surface area (Å²) in [5, 5.41) is 21.8. The third-order valence-corrected chi connectivity index (χ3v) is 34.3. The Balaban J connectivity index is 0.000000143. The van der Waals surface area contributed by atoms with E-state index in [-0.39, 0.29) is 129 Å². The summed E-state index contributed by atoms with van der Waals surface area (Å²) in [6.07, 6.45) is 3.23. The first-order valence-corrected chi connectivity index (χ1v) is 48.6. The Morgan fingerprint density at radius 1 is 0.368 bits per heavy atom. The molecule has 8 aromatic carbocycles. The number of hydrogen-bond donors (Lipinski definition) is 5. The lowest BCUT2D eigenvalue weighted by molar-refractivity contribution is -0.132. The molecule has 5 N–H and O–H groups in total. The average molecular weight is 1840 g/mol. The third-order valence-electron chi connectivity index (χ3n) is 24.2. The van der Waals surface area contributed by atoms with Crippen molar-refractivity contribution >= 4 is 120 Å². The summed E-state index contributed by atoms with van der Waals surface area (Å²) in [5.74, 6) is -1.32. The van der Waals surface area contributed by atoms with E-state index in [0.29, 0.717) is 112 Å². The van der Waals surface area contributed by atoms with E-state index in [2.05, 4.69) is 37.6 Å². The monoisotopic (exact) mass is 1840 g/mol. The highest BCUT2D eigenvalue weighted by Crippen LogP contribution is 2.42. The first-order valence-electron chi connectivity index (χ1n) is 40.6. The van der Waals surface area contributed by atoms with Crippen LogP contribution in [0.2, 0.25) is 10.0 Å². The van der Waals surface area contributed by atoms with Crippen molar-refractivity contribution in [2.24, 2.45) is 0 Å². The number of aromatic hydroxyl groups is 1. The van der Waals surface area contributed by atoms with Crippen LogP contribution in [0.5, 0.6) is 5.75 Å². The van der Waals surface area contributed by atoms with Gasteiger partial charge in [-0.2, -0.15) is 21.5 Å². The van der Waals surface area contributed by atoms with Gasteiger partial charge in [0, 0.05) is 88.7 Å². The molecule has 8 aromatic rings. The lowest BCUT2D eigenvalue weighted by Gasteiger charge is -2.44. The highest BCUT2D eigenvalue weighted by atomic mass is 35.5. The number of amides is 4. The van der Waals surface area contributed by atoms with Crippen molar-refractivity contribution in [3.8, 4) is 5.75 Å². The number of hydrogen-bond acceptors (Lipinski definition) is 21. The van der Waals surface area contributed by atoms with Crippen LogP contribution >= 0.6 is 23.2 Å². The van der Waals surface area contributed by atoms with Gasteiger partial charge < -0.3 is 26.0 Å². The van der Waals surface area contributed by atoms with Gasteiger partial charge in [0.1, 0.15) is 5.66 Å². The molecule has 8 heterocycles. The second-order valence-corrected chi connectivity index (χ2v) is 42.6. The van der Waals surface area contributed by atoms with Crippen molar-refractivity contribution in [1.29, 1.82) is 0 Å². The van der Waals surface area contributed by atoms with Gasteiger partial charge in [-0.25, -0.2) is 42.1 Å². The zero-order valence-corrected chi connectivity index (χ0v) is 74.9. The number of halogens is 2. The van der Waals surface area contributed by atoms with E-state index in [0.717, 1.165) is 32.1 Å². The van der Waals surface area contributed by atoms with Crippen molar-refractivity contribution in [1.82, 2.24) is 57.5 Å². The number of sulfonamides is 5. The zero-order valence-electron chi connectivity index (χ0n) is 69.3. The van der Waals surface area contributed by atoms with Crippen molar-refractivity contribution in [3.63, 3.8) is 0 Å². The number of carbonyl (C=O) groups is 7. The predicted molar refractivity (Wildman–Crippen MR) is 469 cm³/mol. The van der Waals surface area contributed by atoms with E-state index >= 15 is 0 Å². The number of allylic oxidation sites excluding steroid dienone is 1. The summed E-state index contributed by atoms with van der Waals surface area (Å²) >= 11 is 11.8. The highest BCUT2D eigenvalue weighted by molar-refractivity contribution is 7.90. The summed E-state index contributed by atoms with van der Waals surface area (Å²) in [6.45, 7) is 14.1. The van der Waals surface area contributed by atoms with E-state index in [1.165, 1.54) is 111 Å². The van der Waals surface area contributed by atoms with Crippen molar-refractivity contribution < 1.29 is 80.8 Å². The van der Waals surface area contributed by atoms with Gasteiger partial charge in [-0.05, 0) is 162 Å². The number of nitrogens with one attached hydrogen (secondary N) is 4. The fraction of sp³-hybridized carbons (Fsp3) is 0.352. The van der Waals surface area contributed by atoms with E-state index in [9.17, 15) is 80.8 Å². The van der Waals surface area contributed by atoms with Gasteiger partial charge in [0.2, 0.25) is 73.7 Å². The maximum Gasteiger partial charge on any atom is 0.245 e. The number of Topliss-reactive ketones (excluding diaryl/α,β-unsaturated/α-hetero) is 3. The van der Waals surface area contributed by atoms with Crippen LogP contribution in [0.15, 0.2) is 231 Å². The minimum Gasteiger partial charge on any atom is -0.505 e. The van der Waals surface area contributed by atoms with Gasteiger partial charge in [0.15, 0.2) is 23.1 Å². The first kappa shape index (κ1) is 92.9. The molecule has 0 radical (unpaired) electrons. The Bertz CT molecular complexity index is 5900. The Morgan fingerprint density at radius 3 is 0.976 bits per heavy atom. The largest absolute Gasteiger partial charge is 0.505 e. The van der Waals surface area contributed by atoms with Crippen molar-refractivity contribution in [2.75, 3.05) is 78.5 Å². The molecular formula is C88H98Cl2N12O18S5. The molecule has 8 aliphatic rings. The molecule has 8 fully saturated rings. The minimum atomic E-state index is -4.10. The smallest absolute Gasteiger partial charge is 0.245 e. The van der Waals surface area contributed by atoms with E-state index < -0.39 is 78.7 Å². The molecular weight excluding hydrogens is 1740 g/mol. The van der Waals surface area contributed by atoms with Crippen molar-refractivity contribution in [2.45, 2.75) is 146 Å². The minimum absolute atomic E-state index is 0.00220. The number of carbonyl (C=O) groups excluding carboxylic acids is 7. The van der Waals surface area contributed by atoms with E-state index in [1.54, 1.807) is 36.4 Å². The summed E-state index contributed by atoms with van der Waals surface area (Å²) in [4.78, 5) is 90.2. The molecule has 0 aliphatic carbocycles. The molecule has 0 aromatic heterocycles. The fourth-order valence-electron chi connectivity index (χ4n) is 17.1. The molecule has 16 rings (SSSR count).